The molecule has 0 spiro atoms. The summed E-state index contributed by atoms with van der Waals surface area (Å²) >= 11 is 0. The van der Waals surface area contributed by atoms with E-state index in [9.17, 15) is 14.7 Å². The highest BCUT2D eigenvalue weighted by Crippen LogP contribution is 2.13. The highest BCUT2D eigenvalue weighted by molar-refractivity contribution is 5.92. The molecule has 0 aromatic heterocycles. The number of aromatic hydroxyl groups is 2. The van der Waals surface area contributed by atoms with Crippen LogP contribution in [-0.2, 0) is 28.9 Å². The highest BCUT2D eigenvalue weighted by Gasteiger charge is 2.04. The first-order valence-electron chi connectivity index (χ1n) is 9.52. The van der Waals surface area contributed by atoms with Crippen LogP contribution in [0.1, 0.15) is 23.6 Å². The van der Waals surface area contributed by atoms with Gasteiger partial charge in [-0.25, -0.2) is 0 Å². The molecule has 3 aromatic carbocycles. The Labute approximate surface area is 175 Å². The van der Waals surface area contributed by atoms with Crippen molar-refractivity contribution in [2.45, 2.75) is 26.2 Å². The van der Waals surface area contributed by atoms with Gasteiger partial charge < -0.3 is 20.6 Å². The minimum absolute atomic E-state index is 0.000278. The number of hydrogen-bond acceptors (Lipinski definition) is 4. The molecular formula is C24H25NO5. The van der Waals surface area contributed by atoms with Gasteiger partial charge in [0.05, 0.1) is 12.8 Å². The monoisotopic (exact) mass is 407 g/mol. The second-order valence-corrected chi connectivity index (χ2v) is 6.68. The molecule has 0 aliphatic carbocycles. The van der Waals surface area contributed by atoms with E-state index in [2.05, 4.69) is 12.2 Å². The molecule has 0 aliphatic rings. The summed E-state index contributed by atoms with van der Waals surface area (Å²) in [5.41, 5.74) is 3.62. The quantitative estimate of drug-likeness (QED) is 0.491. The Morgan fingerprint density at radius 2 is 1.13 bits per heavy atom. The molecule has 0 aliphatic heterocycles. The summed E-state index contributed by atoms with van der Waals surface area (Å²) in [6.07, 6.45) is 1.29. The van der Waals surface area contributed by atoms with Gasteiger partial charge in [-0.3, -0.25) is 9.59 Å². The Hall–Kier alpha value is -3.80. The van der Waals surface area contributed by atoms with E-state index >= 15 is 0 Å². The fourth-order valence-electron chi connectivity index (χ4n) is 2.62. The second-order valence-electron chi connectivity index (χ2n) is 6.68. The number of anilines is 1. The first-order valence-corrected chi connectivity index (χ1v) is 9.52. The number of hydrogen-bond donors (Lipinski definition) is 4. The van der Waals surface area contributed by atoms with E-state index in [1.165, 1.54) is 17.7 Å². The van der Waals surface area contributed by atoms with Crippen LogP contribution in [0, 0.1) is 0 Å². The Bertz CT molecular complexity index is 948. The minimum Gasteiger partial charge on any atom is -0.508 e. The van der Waals surface area contributed by atoms with Crippen LogP contribution >= 0.6 is 0 Å². The lowest BCUT2D eigenvalue weighted by Gasteiger charge is -2.06. The summed E-state index contributed by atoms with van der Waals surface area (Å²) < 4.78 is 0. The molecule has 0 unspecified atom stereocenters. The predicted molar refractivity (Wildman–Crippen MR) is 116 cm³/mol. The van der Waals surface area contributed by atoms with Gasteiger partial charge in [0.15, 0.2) is 0 Å². The maximum atomic E-state index is 11.8. The SMILES string of the molecule is CCc1ccc(NC(=O)Cc2ccc(O)cc2)cc1.O=C(O)Cc1ccc(O)cc1. The van der Waals surface area contributed by atoms with Crippen molar-refractivity contribution < 1.29 is 24.9 Å². The number of aryl methyl sites for hydroxylation is 1. The van der Waals surface area contributed by atoms with Crippen LogP contribution in [-0.4, -0.2) is 27.2 Å². The van der Waals surface area contributed by atoms with Crippen LogP contribution in [0.5, 0.6) is 11.5 Å². The molecule has 4 N–H and O–H groups in total. The van der Waals surface area contributed by atoms with Crippen LogP contribution in [0.4, 0.5) is 5.69 Å². The van der Waals surface area contributed by atoms with E-state index in [0.717, 1.165) is 17.7 Å². The maximum absolute atomic E-state index is 11.8. The largest absolute Gasteiger partial charge is 0.508 e. The second kappa shape index (κ2) is 11.3. The van der Waals surface area contributed by atoms with E-state index in [0.29, 0.717) is 12.0 Å². The Morgan fingerprint density at radius 3 is 1.57 bits per heavy atom. The van der Waals surface area contributed by atoms with Crippen LogP contribution < -0.4 is 5.32 Å². The number of carboxylic acids is 1. The lowest BCUT2D eigenvalue weighted by Crippen LogP contribution is -2.14. The predicted octanol–water partition coefficient (Wildman–Crippen LogP) is 4.16. The minimum atomic E-state index is -0.865. The van der Waals surface area contributed by atoms with Gasteiger partial charge in [-0.1, -0.05) is 43.3 Å². The van der Waals surface area contributed by atoms with E-state index < -0.39 is 5.97 Å². The molecular weight excluding hydrogens is 382 g/mol. The Kier molecular flexibility index (Phi) is 8.44. The van der Waals surface area contributed by atoms with Crippen molar-refractivity contribution in [3.05, 3.63) is 89.5 Å². The third kappa shape index (κ3) is 8.06. The summed E-state index contributed by atoms with van der Waals surface area (Å²) in [4.78, 5) is 22.0. The van der Waals surface area contributed by atoms with Crippen molar-refractivity contribution >= 4 is 17.6 Å². The van der Waals surface area contributed by atoms with Gasteiger partial charge in [-0.05, 0) is 59.5 Å². The summed E-state index contributed by atoms with van der Waals surface area (Å²) in [6.45, 7) is 2.10. The van der Waals surface area contributed by atoms with Crippen LogP contribution in [0.25, 0.3) is 0 Å². The fraction of sp³-hybridized carbons (Fsp3) is 0.167. The van der Waals surface area contributed by atoms with Crippen LogP contribution in [0.2, 0.25) is 0 Å². The summed E-state index contributed by atoms with van der Waals surface area (Å²) in [5.74, 6) is -0.566. The van der Waals surface area contributed by atoms with Crippen molar-refractivity contribution in [1.29, 1.82) is 0 Å². The first kappa shape index (κ1) is 22.5. The molecule has 0 bridgehead atoms. The Balaban J connectivity index is 0.000000248. The number of phenolic OH excluding ortho intramolecular Hbond substituents is 2. The van der Waals surface area contributed by atoms with Crippen LogP contribution in [0.15, 0.2) is 72.8 Å². The van der Waals surface area contributed by atoms with E-state index in [-0.39, 0.29) is 23.8 Å². The molecule has 6 nitrogen and oxygen atoms in total. The van der Waals surface area contributed by atoms with Crippen molar-refractivity contribution in [2.24, 2.45) is 0 Å². The van der Waals surface area contributed by atoms with Crippen molar-refractivity contribution in [3.63, 3.8) is 0 Å². The molecule has 6 heteroatoms. The average molecular weight is 407 g/mol. The molecule has 0 saturated carbocycles. The summed E-state index contributed by atoms with van der Waals surface area (Å²) in [6, 6.07) is 20.6. The number of rotatable bonds is 6. The number of aliphatic carboxylic acids is 1. The molecule has 0 heterocycles. The number of carbonyl (C=O) groups is 2. The highest BCUT2D eigenvalue weighted by atomic mass is 16.4. The molecule has 0 radical (unpaired) electrons. The number of amides is 1. The average Bonchev–Trinajstić information content (AvgIpc) is 2.72. The number of phenols is 2. The standard InChI is InChI=1S/C16H17NO2.C8H8O3/c1-2-12-3-7-14(8-4-12)17-16(19)11-13-5-9-15(18)10-6-13;9-7-3-1-6(2-4-7)5-8(10)11/h3-10,18H,2,11H2,1H3,(H,17,19);1-4,9H,5H2,(H,10,11). The Morgan fingerprint density at radius 1 is 0.700 bits per heavy atom. The van der Waals surface area contributed by atoms with E-state index in [1.54, 1.807) is 36.4 Å². The zero-order chi connectivity index (χ0) is 21.9. The van der Waals surface area contributed by atoms with Gasteiger partial charge in [0, 0.05) is 5.69 Å². The molecule has 30 heavy (non-hydrogen) atoms. The van der Waals surface area contributed by atoms with Gasteiger partial charge in [-0.15, -0.1) is 0 Å². The lowest BCUT2D eigenvalue weighted by atomic mass is 10.1. The van der Waals surface area contributed by atoms with E-state index in [1.807, 2.05) is 24.3 Å². The first-order chi connectivity index (χ1) is 14.4. The molecule has 0 saturated heterocycles. The lowest BCUT2D eigenvalue weighted by molar-refractivity contribution is -0.136. The third-order valence-corrected chi connectivity index (χ3v) is 4.24. The maximum Gasteiger partial charge on any atom is 0.307 e. The molecule has 156 valence electrons. The van der Waals surface area contributed by atoms with Gasteiger partial charge in [0.1, 0.15) is 11.5 Å². The summed E-state index contributed by atoms with van der Waals surface area (Å²) in [7, 11) is 0. The van der Waals surface area contributed by atoms with Crippen LogP contribution in [0.3, 0.4) is 0 Å². The zero-order valence-corrected chi connectivity index (χ0v) is 16.7. The number of benzene rings is 3. The number of carbonyl (C=O) groups excluding carboxylic acids is 1. The third-order valence-electron chi connectivity index (χ3n) is 4.24. The molecule has 0 fully saturated rings. The number of nitrogens with one attached hydrogen (secondary N) is 1. The van der Waals surface area contributed by atoms with E-state index in [4.69, 9.17) is 10.2 Å². The zero-order valence-electron chi connectivity index (χ0n) is 16.7. The van der Waals surface area contributed by atoms with Gasteiger partial charge in [-0.2, -0.15) is 0 Å². The summed E-state index contributed by atoms with van der Waals surface area (Å²) in [5, 5.41) is 29.2. The molecule has 3 aromatic rings. The topological polar surface area (TPSA) is 107 Å². The number of carboxylic acid groups (broad SMARTS) is 1. The molecule has 1 amide bonds. The van der Waals surface area contributed by atoms with Crippen molar-refractivity contribution in [2.75, 3.05) is 5.32 Å². The van der Waals surface area contributed by atoms with Crippen molar-refractivity contribution in [1.82, 2.24) is 0 Å². The van der Waals surface area contributed by atoms with Gasteiger partial charge in [0.25, 0.3) is 0 Å². The molecule has 3 rings (SSSR count). The molecule has 0 atom stereocenters. The van der Waals surface area contributed by atoms with Gasteiger partial charge in [0.2, 0.25) is 5.91 Å². The normalized spacial score (nSPS) is 9.90. The smallest absolute Gasteiger partial charge is 0.307 e. The van der Waals surface area contributed by atoms with Crippen molar-refractivity contribution in [3.8, 4) is 11.5 Å². The fourth-order valence-corrected chi connectivity index (χ4v) is 2.62. The van der Waals surface area contributed by atoms with Gasteiger partial charge >= 0.3 is 5.97 Å².